The molecule has 154 valence electrons. The molecule has 0 atom stereocenters. The van der Waals surface area contributed by atoms with E-state index in [0.29, 0.717) is 25.5 Å². The molecule has 1 aromatic heterocycles. The van der Waals surface area contributed by atoms with Crippen LogP contribution in [0.15, 0.2) is 24.3 Å². The van der Waals surface area contributed by atoms with E-state index in [0.717, 1.165) is 48.7 Å². The molecule has 2 amide bonds. The predicted molar refractivity (Wildman–Crippen MR) is 112 cm³/mol. The van der Waals surface area contributed by atoms with Gasteiger partial charge in [-0.3, -0.25) is 14.5 Å². The first-order valence-electron chi connectivity index (χ1n) is 10.4. The third kappa shape index (κ3) is 4.34. The number of anilines is 1. The maximum absolute atomic E-state index is 12.6. The van der Waals surface area contributed by atoms with Crippen LogP contribution in [0.4, 0.5) is 5.69 Å². The summed E-state index contributed by atoms with van der Waals surface area (Å²) in [5.74, 6) is 0.520. The number of nitrogens with zero attached hydrogens (tertiary/aromatic N) is 4. The molecule has 2 heterocycles. The van der Waals surface area contributed by atoms with E-state index in [1.165, 1.54) is 5.56 Å². The zero-order valence-electron chi connectivity index (χ0n) is 17.4. The van der Waals surface area contributed by atoms with Crippen LogP contribution in [0.2, 0.25) is 0 Å². The summed E-state index contributed by atoms with van der Waals surface area (Å²) in [5, 5.41) is 7.65. The molecule has 2 aliphatic rings. The van der Waals surface area contributed by atoms with Crippen molar-refractivity contribution in [2.24, 2.45) is 5.92 Å². The van der Waals surface area contributed by atoms with E-state index >= 15 is 0 Å². The number of hydrogen-bond donors (Lipinski definition) is 1. The Hall–Kier alpha value is -2.67. The third-order valence-electron chi connectivity index (χ3n) is 5.81. The molecule has 7 nitrogen and oxygen atoms in total. The number of aryl methyl sites for hydroxylation is 2. The van der Waals surface area contributed by atoms with Crippen LogP contribution in [0.25, 0.3) is 5.69 Å². The number of carbonyl (C=O) groups is 2. The summed E-state index contributed by atoms with van der Waals surface area (Å²) in [4.78, 5) is 28.9. The standard InChI is InChI=1S/C22H29N5O2/c1-15-4-8-19(9-5-15)27-17(3)21(16(2)24-27)23-20(28)14-25-10-12-26(13-11-25)22(29)18-6-7-18/h4-5,8-9,18H,6-7,10-14H2,1-3H3,(H,23,28). The molecule has 1 aliphatic heterocycles. The summed E-state index contributed by atoms with van der Waals surface area (Å²) in [7, 11) is 0. The average Bonchev–Trinajstić information content (AvgIpc) is 3.52. The Morgan fingerprint density at radius 3 is 2.31 bits per heavy atom. The van der Waals surface area contributed by atoms with Crippen molar-refractivity contribution >= 4 is 17.5 Å². The largest absolute Gasteiger partial charge is 0.340 e. The maximum atomic E-state index is 12.6. The Morgan fingerprint density at radius 2 is 1.69 bits per heavy atom. The first kappa shape index (κ1) is 19.6. The van der Waals surface area contributed by atoms with Gasteiger partial charge in [0.25, 0.3) is 0 Å². The van der Waals surface area contributed by atoms with E-state index in [1.54, 1.807) is 0 Å². The van der Waals surface area contributed by atoms with Crippen LogP contribution >= 0.6 is 0 Å². The highest BCUT2D eigenvalue weighted by atomic mass is 16.2. The minimum Gasteiger partial charge on any atom is -0.340 e. The smallest absolute Gasteiger partial charge is 0.238 e. The van der Waals surface area contributed by atoms with Crippen molar-refractivity contribution in [3.05, 3.63) is 41.2 Å². The van der Waals surface area contributed by atoms with E-state index in [9.17, 15) is 9.59 Å². The summed E-state index contributed by atoms with van der Waals surface area (Å²) < 4.78 is 1.87. The molecule has 1 N–H and O–H groups in total. The minimum atomic E-state index is -0.0402. The molecule has 0 unspecified atom stereocenters. The molecule has 1 saturated heterocycles. The molecular formula is C22H29N5O2. The van der Waals surface area contributed by atoms with Crippen molar-refractivity contribution < 1.29 is 9.59 Å². The molecule has 1 aliphatic carbocycles. The summed E-state index contributed by atoms with van der Waals surface area (Å²) in [5.41, 5.74) is 4.67. The second-order valence-electron chi connectivity index (χ2n) is 8.22. The lowest BCUT2D eigenvalue weighted by Crippen LogP contribution is -2.50. The highest BCUT2D eigenvalue weighted by molar-refractivity contribution is 5.93. The molecule has 0 radical (unpaired) electrons. The molecule has 7 heteroatoms. The molecule has 1 aromatic carbocycles. The fourth-order valence-electron chi connectivity index (χ4n) is 3.86. The SMILES string of the molecule is Cc1ccc(-n2nc(C)c(NC(=O)CN3CCN(C(=O)C4CC4)CC3)c2C)cc1. The van der Waals surface area contributed by atoms with Crippen LogP contribution in [-0.4, -0.2) is 64.1 Å². The van der Waals surface area contributed by atoms with E-state index < -0.39 is 0 Å². The second kappa shape index (κ2) is 7.99. The number of rotatable bonds is 5. The zero-order valence-corrected chi connectivity index (χ0v) is 17.4. The van der Waals surface area contributed by atoms with E-state index in [-0.39, 0.29) is 11.8 Å². The molecule has 2 aromatic rings. The number of hydrogen-bond acceptors (Lipinski definition) is 4. The van der Waals surface area contributed by atoms with Gasteiger partial charge in [0, 0.05) is 32.1 Å². The summed E-state index contributed by atoms with van der Waals surface area (Å²) >= 11 is 0. The van der Waals surface area contributed by atoms with Gasteiger partial charge in [-0.05, 0) is 45.7 Å². The van der Waals surface area contributed by atoms with E-state index in [4.69, 9.17) is 0 Å². The van der Waals surface area contributed by atoms with Crippen molar-refractivity contribution in [1.82, 2.24) is 19.6 Å². The lowest BCUT2D eigenvalue weighted by Gasteiger charge is -2.34. The van der Waals surface area contributed by atoms with Crippen molar-refractivity contribution in [2.75, 3.05) is 38.0 Å². The van der Waals surface area contributed by atoms with Crippen LogP contribution in [-0.2, 0) is 9.59 Å². The van der Waals surface area contributed by atoms with Gasteiger partial charge in [0.05, 0.1) is 29.3 Å². The van der Waals surface area contributed by atoms with Gasteiger partial charge in [-0.25, -0.2) is 4.68 Å². The highest BCUT2D eigenvalue weighted by Gasteiger charge is 2.34. The van der Waals surface area contributed by atoms with Crippen molar-refractivity contribution in [1.29, 1.82) is 0 Å². The van der Waals surface area contributed by atoms with E-state index in [2.05, 4.69) is 34.4 Å². The molecule has 29 heavy (non-hydrogen) atoms. The summed E-state index contributed by atoms with van der Waals surface area (Å²) in [6.45, 7) is 9.18. The zero-order chi connectivity index (χ0) is 20.5. The number of benzene rings is 1. The van der Waals surface area contributed by atoms with Gasteiger partial charge in [-0.15, -0.1) is 0 Å². The van der Waals surface area contributed by atoms with Crippen LogP contribution in [0.3, 0.4) is 0 Å². The fourth-order valence-corrected chi connectivity index (χ4v) is 3.86. The van der Waals surface area contributed by atoms with Gasteiger partial charge in [0.1, 0.15) is 0 Å². The normalized spacial score (nSPS) is 17.4. The predicted octanol–water partition coefficient (Wildman–Crippen LogP) is 2.29. The number of carbonyl (C=O) groups excluding carboxylic acids is 2. The minimum absolute atomic E-state index is 0.0402. The maximum Gasteiger partial charge on any atom is 0.238 e. The van der Waals surface area contributed by atoms with Gasteiger partial charge < -0.3 is 10.2 Å². The van der Waals surface area contributed by atoms with Crippen molar-refractivity contribution in [3.8, 4) is 5.69 Å². The molecular weight excluding hydrogens is 366 g/mol. The third-order valence-corrected chi connectivity index (χ3v) is 5.81. The molecule has 2 fully saturated rings. The molecule has 0 bridgehead atoms. The molecule has 1 saturated carbocycles. The Morgan fingerprint density at radius 1 is 1.03 bits per heavy atom. The Balaban J connectivity index is 1.35. The first-order chi connectivity index (χ1) is 13.9. The van der Waals surface area contributed by atoms with E-state index in [1.807, 2.05) is 35.6 Å². The van der Waals surface area contributed by atoms with Crippen molar-refractivity contribution in [3.63, 3.8) is 0 Å². The number of aromatic nitrogens is 2. The van der Waals surface area contributed by atoms with Crippen molar-refractivity contribution in [2.45, 2.75) is 33.6 Å². The first-order valence-corrected chi connectivity index (χ1v) is 10.4. The van der Waals surface area contributed by atoms with Crippen LogP contribution in [0, 0.1) is 26.7 Å². The lowest BCUT2D eigenvalue weighted by atomic mass is 10.2. The Labute approximate surface area is 171 Å². The van der Waals surface area contributed by atoms with Gasteiger partial charge in [-0.1, -0.05) is 17.7 Å². The molecule has 4 rings (SSSR count). The van der Waals surface area contributed by atoms with Crippen LogP contribution in [0.5, 0.6) is 0 Å². The van der Waals surface area contributed by atoms with Gasteiger partial charge in [-0.2, -0.15) is 5.10 Å². The average molecular weight is 396 g/mol. The van der Waals surface area contributed by atoms with Crippen LogP contribution in [0.1, 0.15) is 29.8 Å². The van der Waals surface area contributed by atoms with Crippen LogP contribution < -0.4 is 5.32 Å². The quantitative estimate of drug-likeness (QED) is 0.843. The Kier molecular flexibility index (Phi) is 5.41. The fraction of sp³-hybridized carbons (Fsp3) is 0.500. The van der Waals surface area contributed by atoms with Gasteiger partial charge >= 0.3 is 0 Å². The summed E-state index contributed by atoms with van der Waals surface area (Å²) in [6.07, 6.45) is 2.08. The monoisotopic (exact) mass is 395 g/mol. The van der Waals surface area contributed by atoms with Gasteiger partial charge in [0.15, 0.2) is 0 Å². The number of piperazine rings is 1. The number of amides is 2. The Bertz CT molecular complexity index is 906. The number of nitrogens with one attached hydrogen (secondary N) is 1. The molecule has 0 spiro atoms. The summed E-state index contributed by atoms with van der Waals surface area (Å²) in [6, 6.07) is 8.17. The highest BCUT2D eigenvalue weighted by Crippen LogP contribution is 2.31. The lowest BCUT2D eigenvalue weighted by molar-refractivity contribution is -0.134. The topological polar surface area (TPSA) is 70.5 Å². The van der Waals surface area contributed by atoms with Gasteiger partial charge in [0.2, 0.25) is 11.8 Å². The second-order valence-corrected chi connectivity index (χ2v) is 8.22.